The Morgan fingerprint density at radius 2 is 1.95 bits per heavy atom. The molecular weight excluding hydrogens is 331 g/mol. The molecule has 0 bridgehead atoms. The first-order valence-corrected chi connectivity index (χ1v) is 7.79. The summed E-state index contributed by atoms with van der Waals surface area (Å²) in [5, 5.41) is 4.59. The second-order valence-corrected chi connectivity index (χ2v) is 6.61. The van der Waals surface area contributed by atoms with Crippen LogP contribution in [0.2, 0.25) is 10.0 Å². The van der Waals surface area contributed by atoms with E-state index in [1.165, 1.54) is 0 Å². The van der Waals surface area contributed by atoms with Crippen LogP contribution in [0.4, 0.5) is 0 Å². The van der Waals surface area contributed by atoms with Gasteiger partial charge in [-0.25, -0.2) is 0 Å². The summed E-state index contributed by atoms with van der Waals surface area (Å²) >= 11 is 12.1. The molecule has 0 spiro atoms. The minimum atomic E-state index is 0. The van der Waals surface area contributed by atoms with Gasteiger partial charge in [0.25, 0.3) is 0 Å². The zero-order valence-electron chi connectivity index (χ0n) is 11.8. The van der Waals surface area contributed by atoms with Gasteiger partial charge in [0.15, 0.2) is 0 Å². The van der Waals surface area contributed by atoms with Crippen molar-refractivity contribution < 1.29 is 4.79 Å². The molecule has 1 amide bonds. The molecule has 3 nitrogen and oxygen atoms in total. The van der Waals surface area contributed by atoms with Crippen molar-refractivity contribution in [1.29, 1.82) is 0 Å². The summed E-state index contributed by atoms with van der Waals surface area (Å²) in [5.74, 6) is 0.658. The molecule has 116 valence electrons. The Bertz CT molecular complexity index is 517. The third-order valence-electron chi connectivity index (χ3n) is 4.21. The summed E-state index contributed by atoms with van der Waals surface area (Å²) < 4.78 is 0. The van der Waals surface area contributed by atoms with E-state index in [0.29, 0.717) is 10.0 Å². The van der Waals surface area contributed by atoms with Crippen LogP contribution in [0.1, 0.15) is 24.8 Å². The van der Waals surface area contributed by atoms with Crippen molar-refractivity contribution in [3.05, 3.63) is 33.8 Å². The minimum absolute atomic E-state index is 0. The van der Waals surface area contributed by atoms with Gasteiger partial charge in [0, 0.05) is 41.6 Å². The Hall–Kier alpha value is -0.480. The maximum atomic E-state index is 12.6. The van der Waals surface area contributed by atoms with Crippen molar-refractivity contribution in [3.63, 3.8) is 0 Å². The predicted octanol–water partition coefficient (Wildman–Crippen LogP) is 3.34. The first-order valence-electron chi connectivity index (χ1n) is 7.03. The summed E-state index contributed by atoms with van der Waals surface area (Å²) in [5.41, 5.74) is 1.09. The smallest absolute Gasteiger partial charge is 0.226 e. The van der Waals surface area contributed by atoms with Crippen LogP contribution in [0, 0.1) is 5.92 Å². The molecule has 3 unspecified atom stereocenters. The molecule has 21 heavy (non-hydrogen) atoms. The van der Waals surface area contributed by atoms with Crippen LogP contribution in [0.15, 0.2) is 18.2 Å². The fourth-order valence-corrected chi connectivity index (χ4v) is 3.55. The number of amides is 1. The average Bonchev–Trinajstić information content (AvgIpc) is 3.17. The Morgan fingerprint density at radius 1 is 1.29 bits per heavy atom. The standard InChI is InChI=1S/C15H18Cl2N2O.ClH/c1-9-8-18-2-3-19(9)15(20)14-7-13(14)10-4-11(16)6-12(17)5-10;/h4-6,9,13-14,18H,2-3,7-8H2,1H3;1H. The lowest BCUT2D eigenvalue weighted by Gasteiger charge is -2.34. The van der Waals surface area contributed by atoms with Crippen LogP contribution in [0.25, 0.3) is 0 Å². The van der Waals surface area contributed by atoms with E-state index in [1.807, 2.05) is 17.0 Å². The van der Waals surface area contributed by atoms with E-state index in [1.54, 1.807) is 6.07 Å². The van der Waals surface area contributed by atoms with Crippen LogP contribution in [0.5, 0.6) is 0 Å². The van der Waals surface area contributed by atoms with Crippen LogP contribution in [-0.2, 0) is 4.79 Å². The highest BCUT2D eigenvalue weighted by molar-refractivity contribution is 6.34. The lowest BCUT2D eigenvalue weighted by Crippen LogP contribution is -2.52. The molecule has 1 aromatic rings. The molecule has 1 aliphatic heterocycles. The molecule has 6 heteroatoms. The van der Waals surface area contributed by atoms with Gasteiger partial charge in [0.05, 0.1) is 0 Å². The number of nitrogens with one attached hydrogen (secondary N) is 1. The summed E-state index contributed by atoms with van der Waals surface area (Å²) in [6.45, 7) is 4.67. The molecule has 2 aliphatic rings. The van der Waals surface area contributed by atoms with Crippen LogP contribution < -0.4 is 5.32 Å². The van der Waals surface area contributed by atoms with Gasteiger partial charge < -0.3 is 10.2 Å². The van der Waals surface area contributed by atoms with Gasteiger partial charge in [0.2, 0.25) is 5.91 Å². The number of carbonyl (C=O) groups is 1. The maximum absolute atomic E-state index is 12.6. The molecule has 0 radical (unpaired) electrons. The van der Waals surface area contributed by atoms with Crippen molar-refractivity contribution in [3.8, 4) is 0 Å². The van der Waals surface area contributed by atoms with Crippen LogP contribution in [-0.4, -0.2) is 36.5 Å². The first-order chi connectivity index (χ1) is 9.56. The van der Waals surface area contributed by atoms with Gasteiger partial charge >= 0.3 is 0 Å². The summed E-state index contributed by atoms with van der Waals surface area (Å²) in [4.78, 5) is 14.6. The van der Waals surface area contributed by atoms with Crippen molar-refractivity contribution in [2.24, 2.45) is 5.92 Å². The number of piperazine rings is 1. The monoisotopic (exact) mass is 348 g/mol. The van der Waals surface area contributed by atoms with Crippen molar-refractivity contribution in [2.45, 2.75) is 25.3 Å². The third-order valence-corrected chi connectivity index (χ3v) is 4.64. The number of benzene rings is 1. The average molecular weight is 350 g/mol. The lowest BCUT2D eigenvalue weighted by molar-refractivity contribution is -0.135. The van der Waals surface area contributed by atoms with E-state index >= 15 is 0 Å². The Morgan fingerprint density at radius 3 is 2.57 bits per heavy atom. The molecule has 1 aromatic carbocycles. The highest BCUT2D eigenvalue weighted by atomic mass is 35.5. The second kappa shape index (κ2) is 6.74. The molecule has 1 aliphatic carbocycles. The summed E-state index contributed by atoms with van der Waals surface area (Å²) in [6.07, 6.45) is 0.909. The van der Waals surface area contributed by atoms with Crippen molar-refractivity contribution in [1.82, 2.24) is 10.2 Å². The number of carbonyl (C=O) groups excluding carboxylic acids is 1. The Labute approximate surface area is 141 Å². The maximum Gasteiger partial charge on any atom is 0.226 e. The zero-order chi connectivity index (χ0) is 14.3. The van der Waals surface area contributed by atoms with Gasteiger partial charge in [-0.3, -0.25) is 4.79 Å². The van der Waals surface area contributed by atoms with Gasteiger partial charge in [0.1, 0.15) is 0 Å². The minimum Gasteiger partial charge on any atom is -0.337 e. The lowest BCUT2D eigenvalue weighted by atomic mass is 10.1. The second-order valence-electron chi connectivity index (χ2n) is 5.74. The molecule has 1 heterocycles. The zero-order valence-corrected chi connectivity index (χ0v) is 14.1. The fraction of sp³-hybridized carbons (Fsp3) is 0.533. The van der Waals surface area contributed by atoms with Crippen molar-refractivity contribution in [2.75, 3.05) is 19.6 Å². The van der Waals surface area contributed by atoms with Gasteiger partial charge in [-0.15, -0.1) is 12.4 Å². The largest absolute Gasteiger partial charge is 0.337 e. The quantitative estimate of drug-likeness (QED) is 0.888. The Balaban J connectivity index is 0.00000161. The number of halogens is 3. The van der Waals surface area contributed by atoms with Crippen LogP contribution >= 0.6 is 35.6 Å². The highest BCUT2D eigenvalue weighted by Crippen LogP contribution is 2.49. The van der Waals surface area contributed by atoms with Gasteiger partial charge in [-0.1, -0.05) is 23.2 Å². The topological polar surface area (TPSA) is 32.3 Å². The molecule has 1 saturated heterocycles. The van der Waals surface area contributed by atoms with E-state index in [2.05, 4.69) is 12.2 Å². The van der Waals surface area contributed by atoms with Crippen LogP contribution in [0.3, 0.4) is 0 Å². The third kappa shape index (κ3) is 3.65. The van der Waals surface area contributed by atoms with Gasteiger partial charge in [-0.05, 0) is 43.0 Å². The highest BCUT2D eigenvalue weighted by Gasteiger charge is 2.46. The first kappa shape index (κ1) is 16.9. The molecule has 3 atom stereocenters. The predicted molar refractivity (Wildman–Crippen MR) is 88.6 cm³/mol. The SMILES string of the molecule is CC1CNCCN1C(=O)C1CC1c1cc(Cl)cc(Cl)c1.Cl. The number of hydrogen-bond donors (Lipinski definition) is 1. The molecule has 3 rings (SSSR count). The molecule has 2 fully saturated rings. The number of hydrogen-bond acceptors (Lipinski definition) is 2. The van der Waals surface area contributed by atoms with E-state index in [9.17, 15) is 4.79 Å². The molecular formula is C15H19Cl3N2O. The Kier molecular flexibility index (Phi) is 5.42. The molecule has 1 saturated carbocycles. The molecule has 0 aromatic heterocycles. The van der Waals surface area contributed by atoms with E-state index in [-0.39, 0.29) is 36.2 Å². The fourth-order valence-electron chi connectivity index (χ4n) is 3.01. The summed E-state index contributed by atoms with van der Waals surface area (Å²) in [6, 6.07) is 5.85. The van der Waals surface area contributed by atoms with E-state index in [4.69, 9.17) is 23.2 Å². The number of rotatable bonds is 2. The summed E-state index contributed by atoms with van der Waals surface area (Å²) in [7, 11) is 0. The van der Waals surface area contributed by atoms with E-state index < -0.39 is 0 Å². The number of nitrogens with zero attached hydrogens (tertiary/aromatic N) is 1. The molecule has 1 N–H and O–H groups in total. The normalized spacial score (nSPS) is 28.0. The van der Waals surface area contributed by atoms with E-state index in [0.717, 1.165) is 31.6 Å². The van der Waals surface area contributed by atoms with Crippen molar-refractivity contribution >= 4 is 41.5 Å². The van der Waals surface area contributed by atoms with Gasteiger partial charge in [-0.2, -0.15) is 0 Å².